The molecule has 0 saturated heterocycles. The fraction of sp³-hybridized carbons (Fsp3) is 0.231. The fourth-order valence-corrected chi connectivity index (χ4v) is 2.22. The molecule has 0 spiro atoms. The first-order chi connectivity index (χ1) is 8.63. The Morgan fingerprint density at radius 1 is 1.44 bits per heavy atom. The topological polar surface area (TPSA) is 34.9 Å². The maximum atomic E-state index is 12.3. The molecule has 0 bridgehead atoms. The van der Waals surface area contributed by atoms with Crippen LogP contribution in [0.3, 0.4) is 0 Å². The average molecular weight is 375 g/mol. The van der Waals surface area contributed by atoms with Crippen LogP contribution in [-0.2, 0) is 6.54 Å². The van der Waals surface area contributed by atoms with Gasteiger partial charge in [-0.2, -0.15) is 5.10 Å². The number of aromatic nitrogens is 2. The van der Waals surface area contributed by atoms with Gasteiger partial charge in [0.05, 0.1) is 5.02 Å². The Labute approximate surface area is 124 Å². The second-order valence-corrected chi connectivity index (χ2v) is 5.47. The molecule has 3 nitrogen and oxygen atoms in total. The number of aryl methyl sites for hydroxylation is 1. The lowest BCUT2D eigenvalue weighted by molar-refractivity contribution is 0.102. The molecule has 0 aliphatic rings. The van der Waals surface area contributed by atoms with Crippen molar-refractivity contribution in [1.82, 2.24) is 9.78 Å². The maximum Gasteiger partial charge on any atom is 0.211 e. The summed E-state index contributed by atoms with van der Waals surface area (Å²) in [5.41, 5.74) is 1.20. The molecule has 2 aromatic rings. The van der Waals surface area contributed by atoms with Crippen molar-refractivity contribution < 1.29 is 4.79 Å². The van der Waals surface area contributed by atoms with Crippen LogP contribution in [0.25, 0.3) is 0 Å². The molecule has 1 aromatic heterocycles. The molecule has 94 valence electrons. The van der Waals surface area contributed by atoms with E-state index in [1.54, 1.807) is 29.1 Å². The zero-order valence-corrected chi connectivity index (χ0v) is 12.8. The third kappa shape index (κ3) is 2.75. The Morgan fingerprint density at radius 3 is 2.89 bits per heavy atom. The molecule has 0 amide bonds. The van der Waals surface area contributed by atoms with Gasteiger partial charge >= 0.3 is 0 Å². The number of halogens is 2. The zero-order valence-electron chi connectivity index (χ0n) is 9.86. The van der Waals surface area contributed by atoms with Crippen LogP contribution >= 0.6 is 34.2 Å². The highest BCUT2D eigenvalue weighted by atomic mass is 127. The molecular weight excluding hydrogens is 363 g/mol. The van der Waals surface area contributed by atoms with Crippen molar-refractivity contribution in [2.75, 3.05) is 0 Å². The van der Waals surface area contributed by atoms with E-state index in [0.717, 1.165) is 16.5 Å². The molecular formula is C13H12ClIN2O. The Morgan fingerprint density at radius 2 is 2.22 bits per heavy atom. The molecule has 1 heterocycles. The van der Waals surface area contributed by atoms with Crippen molar-refractivity contribution in [1.29, 1.82) is 0 Å². The largest absolute Gasteiger partial charge is 0.287 e. The number of hydrogen-bond donors (Lipinski definition) is 0. The van der Waals surface area contributed by atoms with Gasteiger partial charge in [0.25, 0.3) is 0 Å². The molecule has 5 heteroatoms. The second-order valence-electron chi connectivity index (χ2n) is 3.90. The van der Waals surface area contributed by atoms with Crippen molar-refractivity contribution in [3.8, 4) is 0 Å². The maximum absolute atomic E-state index is 12.3. The number of hydrogen-bond acceptors (Lipinski definition) is 2. The highest BCUT2D eigenvalue weighted by molar-refractivity contribution is 14.1. The molecule has 2 rings (SSSR count). The smallest absolute Gasteiger partial charge is 0.211 e. The van der Waals surface area contributed by atoms with E-state index in [0.29, 0.717) is 16.3 Å². The van der Waals surface area contributed by atoms with Gasteiger partial charge in [0.15, 0.2) is 0 Å². The van der Waals surface area contributed by atoms with E-state index >= 15 is 0 Å². The first-order valence-electron chi connectivity index (χ1n) is 5.65. The van der Waals surface area contributed by atoms with Crippen LogP contribution in [0.1, 0.15) is 29.4 Å². The summed E-state index contributed by atoms with van der Waals surface area (Å²) in [4.78, 5) is 12.3. The first-order valence-corrected chi connectivity index (χ1v) is 7.10. The van der Waals surface area contributed by atoms with Gasteiger partial charge in [-0.25, -0.2) is 0 Å². The molecule has 0 N–H and O–H groups in total. The minimum Gasteiger partial charge on any atom is -0.287 e. The van der Waals surface area contributed by atoms with Crippen LogP contribution in [0.15, 0.2) is 30.5 Å². The fourth-order valence-electron chi connectivity index (χ4n) is 1.70. The molecule has 0 aliphatic heterocycles. The number of carbonyl (C=O) groups excluding carboxylic acids is 1. The Balaban J connectivity index is 2.35. The Hall–Kier alpha value is -0.880. The van der Waals surface area contributed by atoms with Crippen LogP contribution in [0.5, 0.6) is 0 Å². The highest BCUT2D eigenvalue weighted by Gasteiger charge is 2.14. The summed E-state index contributed by atoms with van der Waals surface area (Å²) in [6, 6.07) is 7.08. The molecule has 0 fully saturated rings. The third-order valence-corrected chi connectivity index (χ3v) is 4.14. The van der Waals surface area contributed by atoms with Crippen molar-refractivity contribution in [3.63, 3.8) is 0 Å². The van der Waals surface area contributed by atoms with Crippen molar-refractivity contribution in [2.45, 2.75) is 19.9 Å². The molecule has 0 unspecified atom stereocenters. The van der Waals surface area contributed by atoms with Gasteiger partial charge in [-0.05, 0) is 53.3 Å². The minimum atomic E-state index is -0.0424. The van der Waals surface area contributed by atoms with E-state index in [-0.39, 0.29) is 5.78 Å². The number of carbonyl (C=O) groups is 1. The monoisotopic (exact) mass is 374 g/mol. The van der Waals surface area contributed by atoms with Crippen LogP contribution in [0.2, 0.25) is 5.02 Å². The van der Waals surface area contributed by atoms with Crippen LogP contribution in [0, 0.1) is 3.57 Å². The molecule has 0 saturated carbocycles. The summed E-state index contributed by atoms with van der Waals surface area (Å²) >= 11 is 8.18. The Bertz CT molecular complexity index is 580. The molecule has 0 radical (unpaired) electrons. The van der Waals surface area contributed by atoms with E-state index in [1.807, 2.05) is 6.07 Å². The molecule has 0 atom stereocenters. The van der Waals surface area contributed by atoms with Gasteiger partial charge in [-0.1, -0.05) is 18.5 Å². The lowest BCUT2D eigenvalue weighted by atomic mass is 10.1. The van der Waals surface area contributed by atoms with Gasteiger partial charge in [0.2, 0.25) is 5.78 Å². The number of ketones is 1. The molecule has 1 aromatic carbocycles. The number of nitrogens with zero attached hydrogens (tertiary/aromatic N) is 2. The van der Waals surface area contributed by atoms with Gasteiger partial charge in [0.1, 0.15) is 5.69 Å². The van der Waals surface area contributed by atoms with Gasteiger partial charge in [0, 0.05) is 21.9 Å². The predicted octanol–water partition coefficient (Wildman–Crippen LogP) is 3.78. The Kier molecular flexibility index (Phi) is 4.40. The van der Waals surface area contributed by atoms with Crippen LogP contribution in [0.4, 0.5) is 0 Å². The number of rotatable bonds is 4. The number of benzene rings is 1. The van der Waals surface area contributed by atoms with Crippen molar-refractivity contribution in [3.05, 3.63) is 50.3 Å². The summed E-state index contributed by atoms with van der Waals surface area (Å²) in [6.45, 7) is 2.80. The highest BCUT2D eigenvalue weighted by Crippen LogP contribution is 2.21. The van der Waals surface area contributed by atoms with Gasteiger partial charge < -0.3 is 0 Å². The summed E-state index contributed by atoms with van der Waals surface area (Å²) in [5, 5.41) is 4.75. The third-order valence-electron chi connectivity index (χ3n) is 2.57. The lowest BCUT2D eigenvalue weighted by Gasteiger charge is -2.06. The summed E-state index contributed by atoms with van der Waals surface area (Å²) in [6.07, 6.45) is 2.59. The molecule has 18 heavy (non-hydrogen) atoms. The average Bonchev–Trinajstić information content (AvgIpc) is 2.80. The SMILES string of the molecule is CCCn1nccc1C(=O)c1ccc(I)c(Cl)c1. The van der Waals surface area contributed by atoms with Crippen molar-refractivity contribution >= 4 is 40.0 Å². The summed E-state index contributed by atoms with van der Waals surface area (Å²) in [5.74, 6) is -0.0424. The van der Waals surface area contributed by atoms with Crippen molar-refractivity contribution in [2.24, 2.45) is 0 Å². The summed E-state index contributed by atoms with van der Waals surface area (Å²) in [7, 11) is 0. The lowest BCUT2D eigenvalue weighted by Crippen LogP contribution is -2.11. The van der Waals surface area contributed by atoms with E-state index < -0.39 is 0 Å². The standard InChI is InChI=1S/C13H12ClIN2O/c1-2-7-17-12(5-6-16-17)13(18)9-3-4-11(15)10(14)8-9/h3-6,8H,2,7H2,1H3. The van der Waals surface area contributed by atoms with Crippen LogP contribution < -0.4 is 0 Å². The summed E-state index contributed by atoms with van der Waals surface area (Å²) < 4.78 is 2.67. The van der Waals surface area contributed by atoms with E-state index in [1.165, 1.54) is 0 Å². The normalized spacial score (nSPS) is 10.6. The van der Waals surface area contributed by atoms with Crippen LogP contribution in [-0.4, -0.2) is 15.6 Å². The second kappa shape index (κ2) is 5.84. The van der Waals surface area contributed by atoms with Gasteiger partial charge in [-0.15, -0.1) is 0 Å². The minimum absolute atomic E-state index is 0.0424. The zero-order chi connectivity index (χ0) is 13.1. The van der Waals surface area contributed by atoms with E-state index in [4.69, 9.17) is 11.6 Å². The van der Waals surface area contributed by atoms with E-state index in [2.05, 4.69) is 34.6 Å². The van der Waals surface area contributed by atoms with E-state index in [9.17, 15) is 4.79 Å². The molecule has 0 aliphatic carbocycles. The quantitative estimate of drug-likeness (QED) is 0.603. The predicted molar refractivity (Wildman–Crippen MR) is 80.1 cm³/mol. The van der Waals surface area contributed by atoms with Gasteiger partial charge in [-0.3, -0.25) is 9.48 Å². The first kappa shape index (κ1) is 13.5.